The van der Waals surface area contributed by atoms with Crippen LogP contribution in [0, 0.1) is 22.7 Å². The minimum Gasteiger partial charge on any atom is -0.481 e. The first-order valence-corrected chi connectivity index (χ1v) is 10.7. The molecule has 1 fully saturated rings. The average Bonchev–Trinajstić information content (AvgIpc) is 3.01. The molecule has 0 spiro atoms. The zero-order valence-corrected chi connectivity index (χ0v) is 19.9. The first-order valence-electron chi connectivity index (χ1n) is 10.7. The van der Waals surface area contributed by atoms with Crippen molar-refractivity contribution in [3.63, 3.8) is 0 Å². The normalized spacial score (nSPS) is 18.3. The number of imide groups is 1. The highest BCUT2D eigenvalue weighted by molar-refractivity contribution is 5.95. The summed E-state index contributed by atoms with van der Waals surface area (Å²) in [4.78, 5) is 36.3. The molecule has 1 aliphatic rings. The summed E-state index contributed by atoms with van der Waals surface area (Å²) in [6.07, 6.45) is -0.0608. The van der Waals surface area contributed by atoms with E-state index in [1.807, 2.05) is 51.1 Å². The molecule has 0 bridgehead atoms. The highest BCUT2D eigenvalue weighted by Gasteiger charge is 2.43. The van der Waals surface area contributed by atoms with Gasteiger partial charge in [0.15, 0.2) is 0 Å². The summed E-state index contributed by atoms with van der Waals surface area (Å²) >= 11 is 0. The molecular formula is C24H37NO7. The molecule has 0 aliphatic carbocycles. The highest BCUT2D eigenvalue weighted by atomic mass is 16.6. The molecular weight excluding hydrogens is 414 g/mol. The van der Waals surface area contributed by atoms with Crippen molar-refractivity contribution in [2.45, 2.75) is 54.0 Å². The molecule has 8 heteroatoms. The summed E-state index contributed by atoms with van der Waals surface area (Å²) in [6, 6.07) is 9.36. The smallest absolute Gasteiger partial charge is 0.416 e. The number of cyclic esters (lactones) is 1. The Balaban J connectivity index is 0.000000433. The number of hydrogen-bond acceptors (Lipinski definition) is 6. The number of hydrogen-bond donors (Lipinski definition) is 3. The lowest BCUT2D eigenvalue weighted by Crippen LogP contribution is -2.47. The second kappa shape index (κ2) is 11.4. The van der Waals surface area contributed by atoms with Crippen molar-refractivity contribution >= 4 is 18.0 Å². The van der Waals surface area contributed by atoms with Crippen LogP contribution in [0.2, 0.25) is 0 Å². The summed E-state index contributed by atoms with van der Waals surface area (Å²) in [6.45, 7) is 10.6. The van der Waals surface area contributed by atoms with Crippen LogP contribution in [-0.2, 0) is 20.7 Å². The van der Waals surface area contributed by atoms with E-state index in [0.717, 1.165) is 5.56 Å². The Kier molecular flexibility index (Phi) is 9.85. The molecule has 1 heterocycles. The number of carbonyl (C=O) groups excluding carboxylic acids is 2. The number of aliphatic hydroxyl groups is 2. The fourth-order valence-corrected chi connectivity index (χ4v) is 3.38. The van der Waals surface area contributed by atoms with Crippen molar-refractivity contribution < 1.29 is 34.4 Å². The summed E-state index contributed by atoms with van der Waals surface area (Å²) < 4.78 is 5.06. The topological polar surface area (TPSA) is 124 Å². The molecule has 0 radical (unpaired) electrons. The van der Waals surface area contributed by atoms with Crippen LogP contribution in [0.5, 0.6) is 0 Å². The van der Waals surface area contributed by atoms with Gasteiger partial charge in [-0.1, -0.05) is 71.9 Å². The Morgan fingerprint density at radius 1 is 1.00 bits per heavy atom. The van der Waals surface area contributed by atoms with E-state index in [1.54, 1.807) is 20.8 Å². The second-order valence-corrected chi connectivity index (χ2v) is 10.2. The Morgan fingerprint density at radius 3 is 1.88 bits per heavy atom. The lowest BCUT2D eigenvalue weighted by molar-refractivity contribution is -0.147. The standard InChI is InChI=1S/C17H23NO4.C7H14O3/c1-17(2,3)14(10-19)15(20)18-13(11-22-16(18)21)9-12-7-5-4-6-8-12;1-7(2,3)5(4-8)6(9)10/h4-8,13-14,19H,9-11H2,1-3H3;5,8H,4H2,1-3H3,(H,9,10)/t13-,14+;5-/m10/s1. The van der Waals surface area contributed by atoms with Crippen molar-refractivity contribution in [3.05, 3.63) is 35.9 Å². The molecule has 0 unspecified atom stereocenters. The van der Waals surface area contributed by atoms with E-state index in [2.05, 4.69) is 0 Å². The summed E-state index contributed by atoms with van der Waals surface area (Å²) in [5.74, 6) is -2.59. The summed E-state index contributed by atoms with van der Waals surface area (Å²) in [7, 11) is 0. The number of aliphatic hydroxyl groups excluding tert-OH is 2. The molecule has 3 atom stereocenters. The van der Waals surface area contributed by atoms with E-state index in [1.165, 1.54) is 4.90 Å². The zero-order chi connectivity index (χ0) is 24.7. The van der Waals surface area contributed by atoms with Crippen molar-refractivity contribution in [1.29, 1.82) is 0 Å². The van der Waals surface area contributed by atoms with Gasteiger partial charge in [0, 0.05) is 0 Å². The molecule has 1 saturated heterocycles. The predicted molar refractivity (Wildman–Crippen MR) is 120 cm³/mol. The Morgan fingerprint density at radius 2 is 1.50 bits per heavy atom. The number of aliphatic carboxylic acids is 1. The number of benzene rings is 1. The van der Waals surface area contributed by atoms with Crippen molar-refractivity contribution in [3.8, 4) is 0 Å². The molecule has 32 heavy (non-hydrogen) atoms. The third-order valence-corrected chi connectivity index (χ3v) is 5.56. The summed E-state index contributed by atoms with van der Waals surface area (Å²) in [5, 5.41) is 26.8. The number of ether oxygens (including phenoxy) is 1. The van der Waals surface area contributed by atoms with Gasteiger partial charge in [-0.15, -0.1) is 0 Å². The maximum absolute atomic E-state index is 12.7. The van der Waals surface area contributed by atoms with Gasteiger partial charge in [0.05, 0.1) is 31.1 Å². The maximum atomic E-state index is 12.7. The van der Waals surface area contributed by atoms with E-state index in [-0.39, 0.29) is 37.2 Å². The maximum Gasteiger partial charge on any atom is 0.416 e. The van der Waals surface area contributed by atoms with Crippen molar-refractivity contribution in [2.75, 3.05) is 19.8 Å². The van der Waals surface area contributed by atoms with Gasteiger partial charge in [-0.25, -0.2) is 9.69 Å². The van der Waals surface area contributed by atoms with Crippen LogP contribution in [0.1, 0.15) is 47.1 Å². The molecule has 2 amide bonds. The molecule has 3 N–H and O–H groups in total. The van der Waals surface area contributed by atoms with Crippen LogP contribution in [0.15, 0.2) is 30.3 Å². The first-order chi connectivity index (χ1) is 14.7. The predicted octanol–water partition coefficient (Wildman–Crippen LogP) is 2.96. The number of carboxylic acids is 1. The van der Waals surface area contributed by atoms with Gasteiger partial charge in [-0.2, -0.15) is 0 Å². The van der Waals surface area contributed by atoms with Gasteiger partial charge in [0.2, 0.25) is 5.91 Å². The van der Waals surface area contributed by atoms with Crippen LogP contribution in [0.3, 0.4) is 0 Å². The lowest BCUT2D eigenvalue weighted by atomic mass is 9.80. The van der Waals surface area contributed by atoms with Gasteiger partial charge in [-0.05, 0) is 22.8 Å². The van der Waals surface area contributed by atoms with Gasteiger partial charge in [0.25, 0.3) is 0 Å². The Bertz CT molecular complexity index is 765. The number of carbonyl (C=O) groups is 3. The molecule has 1 aliphatic heterocycles. The van der Waals surface area contributed by atoms with Gasteiger partial charge in [0.1, 0.15) is 6.61 Å². The lowest BCUT2D eigenvalue weighted by Gasteiger charge is -2.31. The zero-order valence-electron chi connectivity index (χ0n) is 19.9. The van der Waals surface area contributed by atoms with Crippen molar-refractivity contribution in [2.24, 2.45) is 22.7 Å². The summed E-state index contributed by atoms with van der Waals surface area (Å²) in [5.41, 5.74) is 0.256. The monoisotopic (exact) mass is 451 g/mol. The van der Waals surface area contributed by atoms with Crippen LogP contribution in [-0.4, -0.2) is 64.1 Å². The van der Waals surface area contributed by atoms with Crippen LogP contribution in [0.4, 0.5) is 4.79 Å². The number of carboxylic acid groups (broad SMARTS) is 1. The molecule has 2 rings (SSSR count). The Hall–Kier alpha value is -2.45. The van der Waals surface area contributed by atoms with E-state index in [0.29, 0.717) is 6.42 Å². The van der Waals surface area contributed by atoms with Crippen LogP contribution >= 0.6 is 0 Å². The number of amides is 2. The number of nitrogens with zero attached hydrogens (tertiary/aromatic N) is 1. The molecule has 180 valence electrons. The Labute approximate surface area is 190 Å². The van der Waals surface area contributed by atoms with Gasteiger partial charge >= 0.3 is 12.1 Å². The van der Waals surface area contributed by atoms with E-state index in [9.17, 15) is 19.5 Å². The largest absolute Gasteiger partial charge is 0.481 e. The molecule has 1 aromatic rings. The highest BCUT2D eigenvalue weighted by Crippen LogP contribution is 2.30. The minimum atomic E-state index is -0.935. The third-order valence-electron chi connectivity index (χ3n) is 5.56. The SMILES string of the molecule is CC(C)(C)[C@@H](CO)C(=O)N1C(=O)OC[C@H]1Cc1ccccc1.CC(C)(C)[C@@H](CO)C(=O)O. The van der Waals surface area contributed by atoms with E-state index < -0.39 is 29.3 Å². The molecule has 0 saturated carbocycles. The van der Waals surface area contributed by atoms with Crippen molar-refractivity contribution in [1.82, 2.24) is 4.90 Å². The second-order valence-electron chi connectivity index (χ2n) is 10.2. The third kappa shape index (κ3) is 7.60. The van der Waals surface area contributed by atoms with E-state index in [4.69, 9.17) is 14.9 Å². The van der Waals surface area contributed by atoms with Crippen LogP contribution in [0.25, 0.3) is 0 Å². The van der Waals surface area contributed by atoms with Crippen LogP contribution < -0.4 is 0 Å². The fraction of sp³-hybridized carbons (Fsp3) is 0.625. The minimum absolute atomic E-state index is 0.196. The first kappa shape index (κ1) is 27.6. The van der Waals surface area contributed by atoms with E-state index >= 15 is 0 Å². The molecule has 0 aromatic heterocycles. The molecule has 1 aromatic carbocycles. The fourth-order valence-electron chi connectivity index (χ4n) is 3.38. The quantitative estimate of drug-likeness (QED) is 0.607. The van der Waals surface area contributed by atoms with Gasteiger partial charge in [-0.3, -0.25) is 9.59 Å². The molecule has 8 nitrogen and oxygen atoms in total. The van der Waals surface area contributed by atoms with Gasteiger partial charge < -0.3 is 20.1 Å². The number of rotatable bonds is 6. The average molecular weight is 452 g/mol.